The predicted octanol–water partition coefficient (Wildman–Crippen LogP) is -0.194. The molecule has 0 heterocycles. The van der Waals surface area contributed by atoms with Crippen molar-refractivity contribution in [2.24, 2.45) is 0 Å². The Balaban J connectivity index is 3.74. The van der Waals surface area contributed by atoms with Crippen molar-refractivity contribution in [3.8, 4) is 0 Å². The minimum Gasteiger partial charge on any atom is -0.480 e. The van der Waals surface area contributed by atoms with Crippen molar-refractivity contribution >= 4 is 29.7 Å². The maximum atomic E-state index is 11.4. The molecule has 0 aromatic carbocycles. The van der Waals surface area contributed by atoms with Crippen LogP contribution in [0.3, 0.4) is 0 Å². The highest BCUT2D eigenvalue weighted by Crippen LogP contribution is 2.06. The normalized spacial score (nSPS) is 12.4. The molecule has 0 aliphatic rings. The molecule has 0 fully saturated rings. The van der Waals surface area contributed by atoms with Crippen molar-refractivity contribution in [2.45, 2.75) is 32.4 Å². The van der Waals surface area contributed by atoms with Crippen LogP contribution in [0.2, 0.25) is 0 Å². The van der Waals surface area contributed by atoms with Crippen LogP contribution in [0.1, 0.15) is 20.8 Å². The lowest BCUT2D eigenvalue weighted by Crippen LogP contribution is -2.44. The Labute approximate surface area is 127 Å². The Hall–Kier alpha value is -1.48. The second kappa shape index (κ2) is 9.46. The molecule has 0 radical (unpaired) electrons. The van der Waals surface area contributed by atoms with Gasteiger partial charge in [-0.15, -0.1) is 0 Å². The monoisotopic (exact) mass is 322 g/mol. The van der Waals surface area contributed by atoms with Gasteiger partial charge in [0.15, 0.2) is 0 Å². The molecule has 0 saturated carbocycles. The molecule has 0 saturated heterocycles. The van der Waals surface area contributed by atoms with Gasteiger partial charge in [-0.3, -0.25) is 4.79 Å². The molecule has 0 bridgehead atoms. The number of carboxylic acids is 1. The number of thioether (sulfide) groups is 1. The number of alkyl carbamates (subject to hydrolysis) is 1. The van der Waals surface area contributed by atoms with Crippen LogP contribution in [-0.4, -0.2) is 64.5 Å². The first-order valence-corrected chi connectivity index (χ1v) is 7.49. The van der Waals surface area contributed by atoms with E-state index in [-0.39, 0.29) is 5.75 Å². The smallest absolute Gasteiger partial charge is 0.407 e. The van der Waals surface area contributed by atoms with Crippen LogP contribution in [-0.2, 0) is 14.3 Å². The van der Waals surface area contributed by atoms with Crippen LogP contribution in [0, 0.1) is 0 Å². The van der Waals surface area contributed by atoms with Gasteiger partial charge in [-0.05, 0) is 20.8 Å². The number of ether oxygens (including phenoxy) is 1. The van der Waals surface area contributed by atoms with Crippen molar-refractivity contribution in [3.63, 3.8) is 0 Å². The summed E-state index contributed by atoms with van der Waals surface area (Å²) in [6.45, 7) is 4.93. The number of carbonyl (C=O) groups excluding carboxylic acids is 2. The highest BCUT2D eigenvalue weighted by molar-refractivity contribution is 7.99. The molecule has 0 aliphatic carbocycles. The van der Waals surface area contributed by atoms with Crippen LogP contribution in [0.5, 0.6) is 0 Å². The minimum absolute atomic E-state index is 0.0414. The zero-order valence-electron chi connectivity index (χ0n) is 12.3. The van der Waals surface area contributed by atoms with E-state index in [0.29, 0.717) is 12.3 Å². The fourth-order valence-corrected chi connectivity index (χ4v) is 1.79. The Morgan fingerprint density at radius 1 is 1.29 bits per heavy atom. The molecule has 9 heteroatoms. The number of nitrogens with one attached hydrogen (secondary N) is 2. The van der Waals surface area contributed by atoms with Gasteiger partial charge in [0, 0.05) is 12.3 Å². The molecule has 0 rings (SSSR count). The summed E-state index contributed by atoms with van der Waals surface area (Å²) in [7, 11) is 0. The maximum absolute atomic E-state index is 11.4. The third kappa shape index (κ3) is 10.9. The Kier molecular flexibility index (Phi) is 8.79. The van der Waals surface area contributed by atoms with Crippen LogP contribution >= 0.6 is 11.8 Å². The second-order valence-corrected chi connectivity index (χ2v) is 6.23. The van der Waals surface area contributed by atoms with Gasteiger partial charge in [0.2, 0.25) is 5.91 Å². The molecule has 8 nitrogen and oxygen atoms in total. The molecule has 2 amide bonds. The van der Waals surface area contributed by atoms with E-state index in [0.717, 1.165) is 0 Å². The van der Waals surface area contributed by atoms with Crippen LogP contribution in [0.4, 0.5) is 4.79 Å². The lowest BCUT2D eigenvalue weighted by atomic mass is 10.2. The van der Waals surface area contributed by atoms with E-state index in [4.69, 9.17) is 14.9 Å². The van der Waals surface area contributed by atoms with Crippen LogP contribution in [0.15, 0.2) is 0 Å². The lowest BCUT2D eigenvalue weighted by Gasteiger charge is -2.19. The number of carbonyl (C=O) groups is 3. The maximum Gasteiger partial charge on any atom is 0.407 e. The van der Waals surface area contributed by atoms with E-state index < -0.39 is 36.2 Å². The van der Waals surface area contributed by atoms with E-state index in [2.05, 4.69) is 10.6 Å². The molecule has 1 atom stereocenters. The molecular formula is C12H22N2O6S. The first-order valence-electron chi connectivity index (χ1n) is 6.33. The Morgan fingerprint density at radius 3 is 2.38 bits per heavy atom. The van der Waals surface area contributed by atoms with E-state index in [9.17, 15) is 14.4 Å². The molecule has 0 aliphatic heterocycles. The third-order valence-electron chi connectivity index (χ3n) is 1.96. The molecule has 0 aromatic heterocycles. The largest absolute Gasteiger partial charge is 0.480 e. The fraction of sp³-hybridized carbons (Fsp3) is 0.750. The number of hydrogen-bond donors (Lipinski definition) is 4. The summed E-state index contributed by atoms with van der Waals surface area (Å²) in [4.78, 5) is 33.3. The van der Waals surface area contributed by atoms with Gasteiger partial charge in [-0.1, -0.05) is 0 Å². The molecule has 0 spiro atoms. The van der Waals surface area contributed by atoms with Crippen LogP contribution < -0.4 is 10.6 Å². The fourth-order valence-electron chi connectivity index (χ4n) is 1.13. The highest BCUT2D eigenvalue weighted by Gasteiger charge is 2.18. The van der Waals surface area contributed by atoms with Crippen molar-refractivity contribution in [3.05, 3.63) is 0 Å². The zero-order valence-corrected chi connectivity index (χ0v) is 13.2. The van der Waals surface area contributed by atoms with E-state index in [1.54, 1.807) is 20.8 Å². The van der Waals surface area contributed by atoms with E-state index in [1.807, 2.05) is 0 Å². The number of aliphatic hydroxyl groups is 1. The predicted molar refractivity (Wildman–Crippen MR) is 78.2 cm³/mol. The van der Waals surface area contributed by atoms with Gasteiger partial charge >= 0.3 is 12.1 Å². The van der Waals surface area contributed by atoms with E-state index in [1.165, 1.54) is 11.8 Å². The van der Waals surface area contributed by atoms with Crippen molar-refractivity contribution in [1.29, 1.82) is 0 Å². The number of aliphatic carboxylic acids is 1. The Bertz CT molecular complexity index is 369. The second-order valence-electron chi connectivity index (χ2n) is 5.12. The summed E-state index contributed by atoms with van der Waals surface area (Å²) in [6, 6.07) is -1.29. The summed E-state index contributed by atoms with van der Waals surface area (Å²) in [5.74, 6) is -1.26. The quantitative estimate of drug-likeness (QED) is 0.456. The SMILES string of the molecule is CC(C)(C)OC(=O)NCCSCC(=O)NC(CO)C(=O)O. The average molecular weight is 322 g/mol. The molecular weight excluding hydrogens is 300 g/mol. The van der Waals surface area contributed by atoms with Crippen molar-refractivity contribution < 1.29 is 29.3 Å². The van der Waals surface area contributed by atoms with Gasteiger partial charge in [-0.2, -0.15) is 11.8 Å². The first kappa shape index (κ1) is 19.5. The van der Waals surface area contributed by atoms with Gasteiger partial charge < -0.3 is 25.6 Å². The Morgan fingerprint density at radius 2 is 1.90 bits per heavy atom. The number of amides is 2. The standard InChI is InChI=1S/C12H22N2O6S/c1-12(2,3)20-11(19)13-4-5-21-7-9(16)14-8(6-15)10(17)18/h8,15H,4-7H2,1-3H3,(H,13,19)(H,14,16)(H,17,18). The summed E-state index contributed by atoms with van der Waals surface area (Å²) in [5, 5.41) is 22.1. The minimum atomic E-state index is -1.29. The number of rotatable bonds is 8. The topological polar surface area (TPSA) is 125 Å². The van der Waals surface area contributed by atoms with Crippen molar-refractivity contribution in [1.82, 2.24) is 10.6 Å². The number of aliphatic hydroxyl groups excluding tert-OH is 1. The summed E-state index contributed by atoms with van der Waals surface area (Å²) >= 11 is 1.23. The molecule has 122 valence electrons. The van der Waals surface area contributed by atoms with Gasteiger partial charge in [0.25, 0.3) is 0 Å². The third-order valence-corrected chi connectivity index (χ3v) is 2.92. The van der Waals surface area contributed by atoms with E-state index >= 15 is 0 Å². The van der Waals surface area contributed by atoms with Gasteiger partial charge in [-0.25, -0.2) is 9.59 Å². The number of hydrogen-bond acceptors (Lipinski definition) is 6. The first-order chi connectivity index (χ1) is 9.65. The summed E-state index contributed by atoms with van der Waals surface area (Å²) < 4.78 is 5.03. The number of carboxylic acid groups (broad SMARTS) is 1. The van der Waals surface area contributed by atoms with Gasteiger partial charge in [0.1, 0.15) is 11.6 Å². The van der Waals surface area contributed by atoms with Crippen molar-refractivity contribution in [2.75, 3.05) is 24.7 Å². The summed E-state index contributed by atoms with van der Waals surface area (Å²) in [6.07, 6.45) is -0.529. The van der Waals surface area contributed by atoms with Crippen LogP contribution in [0.25, 0.3) is 0 Å². The molecule has 21 heavy (non-hydrogen) atoms. The van der Waals surface area contributed by atoms with Gasteiger partial charge in [0.05, 0.1) is 12.4 Å². The molecule has 0 aromatic rings. The summed E-state index contributed by atoms with van der Waals surface area (Å²) in [5.41, 5.74) is -0.562. The highest BCUT2D eigenvalue weighted by atomic mass is 32.2. The average Bonchev–Trinajstić information content (AvgIpc) is 2.32. The zero-order chi connectivity index (χ0) is 16.5. The molecule has 4 N–H and O–H groups in total. The lowest BCUT2D eigenvalue weighted by molar-refractivity contribution is -0.142. The molecule has 1 unspecified atom stereocenters.